The van der Waals surface area contributed by atoms with Gasteiger partial charge in [0.1, 0.15) is 17.6 Å². The minimum atomic E-state index is -0.789. The monoisotopic (exact) mass is 491 g/mol. The molecule has 0 aliphatic rings. The van der Waals surface area contributed by atoms with E-state index in [0.29, 0.717) is 46.4 Å². The number of carbonyl (C=O) groups excluding carboxylic acids is 1. The Labute approximate surface area is 211 Å². The quantitative estimate of drug-likeness (QED) is 0.144. The second kappa shape index (κ2) is 12.3. The Hall–Kier alpha value is -4.40. The number of hydrogen-bond donors (Lipinski definition) is 5. The summed E-state index contributed by atoms with van der Waals surface area (Å²) in [4.78, 5) is 13.4. The predicted octanol–water partition coefficient (Wildman–Crippen LogP) is 4.46. The Morgan fingerprint density at radius 1 is 1.00 bits per heavy atom. The molecule has 9 nitrogen and oxygen atoms in total. The number of nitrogens with one attached hydrogen (secondary N) is 4. The van der Waals surface area contributed by atoms with Crippen LogP contribution >= 0.6 is 0 Å². The lowest BCUT2D eigenvalue weighted by Gasteiger charge is -2.23. The summed E-state index contributed by atoms with van der Waals surface area (Å²) >= 11 is 0. The van der Waals surface area contributed by atoms with Crippen molar-refractivity contribution in [2.45, 2.75) is 32.9 Å². The standard InChI is InChI=1S/C27H33N5O4/c1-5-35-24-16-19(12-15-23(24)36-17(2)3)25(30-20-13-10-18(11-14-20)26(28)29)27(33)32-31-21-8-6-7-9-22(21)34-4/h6-17,25,30-31H,5H2,1-4H3,(H3,28,29)(H,32,33). The second-order valence-corrected chi connectivity index (χ2v) is 8.19. The molecule has 6 N–H and O–H groups in total. The summed E-state index contributed by atoms with van der Waals surface area (Å²) in [6.07, 6.45) is -0.0304. The highest BCUT2D eigenvalue weighted by molar-refractivity contribution is 5.95. The molecular weight excluding hydrogens is 458 g/mol. The van der Waals surface area contributed by atoms with Gasteiger partial charge in [-0.05, 0) is 74.9 Å². The molecule has 3 aromatic carbocycles. The summed E-state index contributed by atoms with van der Waals surface area (Å²) in [5.41, 5.74) is 13.8. The van der Waals surface area contributed by atoms with Gasteiger partial charge in [0.15, 0.2) is 11.5 Å². The van der Waals surface area contributed by atoms with E-state index in [1.165, 1.54) is 0 Å². The molecule has 36 heavy (non-hydrogen) atoms. The first-order chi connectivity index (χ1) is 17.3. The maximum atomic E-state index is 13.4. The number of carbonyl (C=O) groups is 1. The van der Waals surface area contributed by atoms with Crippen LogP contribution in [0, 0.1) is 5.41 Å². The Morgan fingerprint density at radius 3 is 2.36 bits per heavy atom. The van der Waals surface area contributed by atoms with Crippen LogP contribution in [0.15, 0.2) is 66.7 Å². The Bertz CT molecular complexity index is 1180. The van der Waals surface area contributed by atoms with E-state index in [9.17, 15) is 4.79 Å². The molecule has 0 bridgehead atoms. The van der Waals surface area contributed by atoms with Crippen molar-refractivity contribution in [1.82, 2.24) is 5.43 Å². The van der Waals surface area contributed by atoms with E-state index in [4.69, 9.17) is 25.4 Å². The SMILES string of the molecule is CCOc1cc(C(Nc2ccc(C(=N)N)cc2)C(=O)NNc2ccccc2OC)ccc1OC(C)C. The third-order valence-electron chi connectivity index (χ3n) is 5.16. The minimum Gasteiger partial charge on any atom is -0.495 e. The number of rotatable bonds is 12. The van der Waals surface area contributed by atoms with Crippen LogP contribution in [-0.2, 0) is 4.79 Å². The molecule has 1 amide bonds. The summed E-state index contributed by atoms with van der Waals surface area (Å²) in [5, 5.41) is 10.9. The number of nitrogen functional groups attached to an aromatic ring is 1. The van der Waals surface area contributed by atoms with Gasteiger partial charge in [0.2, 0.25) is 0 Å². The summed E-state index contributed by atoms with van der Waals surface area (Å²) in [6.45, 7) is 6.22. The van der Waals surface area contributed by atoms with E-state index in [1.54, 1.807) is 55.6 Å². The summed E-state index contributed by atoms with van der Waals surface area (Å²) in [5.74, 6) is 1.38. The van der Waals surface area contributed by atoms with Gasteiger partial charge in [0.05, 0.1) is 25.5 Å². The molecule has 1 atom stereocenters. The number of para-hydroxylation sites is 2. The van der Waals surface area contributed by atoms with Crippen LogP contribution in [0.3, 0.4) is 0 Å². The number of amidine groups is 1. The molecule has 0 saturated heterocycles. The zero-order valence-corrected chi connectivity index (χ0v) is 20.9. The molecule has 0 aliphatic heterocycles. The zero-order valence-electron chi connectivity index (χ0n) is 20.9. The number of hydrogen-bond acceptors (Lipinski definition) is 7. The third kappa shape index (κ3) is 6.82. The molecule has 0 aromatic heterocycles. The fourth-order valence-electron chi connectivity index (χ4n) is 3.49. The highest BCUT2D eigenvalue weighted by atomic mass is 16.5. The Morgan fingerprint density at radius 2 is 1.72 bits per heavy atom. The first-order valence-corrected chi connectivity index (χ1v) is 11.7. The normalized spacial score (nSPS) is 11.4. The number of hydrazine groups is 1. The highest BCUT2D eigenvalue weighted by Crippen LogP contribution is 2.33. The Balaban J connectivity index is 1.92. The third-order valence-corrected chi connectivity index (χ3v) is 5.16. The number of nitrogens with two attached hydrogens (primary N) is 1. The predicted molar refractivity (Wildman–Crippen MR) is 142 cm³/mol. The van der Waals surface area contributed by atoms with Gasteiger partial charge in [-0.15, -0.1) is 0 Å². The van der Waals surface area contributed by atoms with E-state index in [2.05, 4.69) is 16.2 Å². The molecule has 0 saturated carbocycles. The molecule has 1 unspecified atom stereocenters. The molecule has 0 aliphatic carbocycles. The maximum absolute atomic E-state index is 13.4. The first-order valence-electron chi connectivity index (χ1n) is 11.7. The van der Waals surface area contributed by atoms with Crippen molar-refractivity contribution < 1.29 is 19.0 Å². The largest absolute Gasteiger partial charge is 0.495 e. The highest BCUT2D eigenvalue weighted by Gasteiger charge is 2.23. The van der Waals surface area contributed by atoms with Gasteiger partial charge in [-0.3, -0.25) is 21.1 Å². The number of amides is 1. The molecule has 3 rings (SSSR count). The lowest BCUT2D eigenvalue weighted by molar-refractivity contribution is -0.121. The molecule has 0 radical (unpaired) electrons. The van der Waals surface area contributed by atoms with Crippen molar-refractivity contribution in [1.29, 1.82) is 5.41 Å². The summed E-state index contributed by atoms with van der Waals surface area (Å²) in [6, 6.07) is 18.9. The van der Waals surface area contributed by atoms with Crippen LogP contribution in [0.5, 0.6) is 17.2 Å². The van der Waals surface area contributed by atoms with E-state index in [-0.39, 0.29) is 17.8 Å². The molecule has 9 heteroatoms. The fraction of sp³-hybridized carbons (Fsp3) is 0.259. The van der Waals surface area contributed by atoms with E-state index in [1.807, 2.05) is 39.0 Å². The van der Waals surface area contributed by atoms with Gasteiger partial charge >= 0.3 is 0 Å². The number of ether oxygens (including phenoxy) is 3. The van der Waals surface area contributed by atoms with Crippen LogP contribution in [0.4, 0.5) is 11.4 Å². The summed E-state index contributed by atoms with van der Waals surface area (Å²) in [7, 11) is 1.56. The van der Waals surface area contributed by atoms with Gasteiger partial charge in [-0.2, -0.15) is 0 Å². The number of anilines is 2. The lowest BCUT2D eigenvalue weighted by atomic mass is 10.0. The smallest absolute Gasteiger partial charge is 0.265 e. The first kappa shape index (κ1) is 26.2. The summed E-state index contributed by atoms with van der Waals surface area (Å²) < 4.78 is 17.0. The van der Waals surface area contributed by atoms with Crippen molar-refractivity contribution in [2.75, 3.05) is 24.5 Å². The molecule has 3 aromatic rings. The topological polar surface area (TPSA) is 131 Å². The van der Waals surface area contributed by atoms with Crippen molar-refractivity contribution in [3.63, 3.8) is 0 Å². The molecule has 190 valence electrons. The minimum absolute atomic E-state index is 0.0288. The van der Waals surface area contributed by atoms with Crippen LogP contribution in [0.25, 0.3) is 0 Å². The van der Waals surface area contributed by atoms with E-state index in [0.717, 1.165) is 0 Å². The maximum Gasteiger partial charge on any atom is 0.265 e. The molecular formula is C27H33N5O4. The number of benzene rings is 3. The molecule has 0 fully saturated rings. The van der Waals surface area contributed by atoms with Crippen molar-refractivity contribution in [2.24, 2.45) is 5.73 Å². The Kier molecular flexibility index (Phi) is 8.99. The van der Waals surface area contributed by atoms with Crippen LogP contribution in [0.1, 0.15) is 37.9 Å². The lowest BCUT2D eigenvalue weighted by Crippen LogP contribution is -2.37. The average Bonchev–Trinajstić information content (AvgIpc) is 2.87. The van der Waals surface area contributed by atoms with Gasteiger partial charge in [0, 0.05) is 11.3 Å². The average molecular weight is 492 g/mol. The molecule has 0 spiro atoms. The van der Waals surface area contributed by atoms with Gasteiger partial charge in [0.25, 0.3) is 5.91 Å². The zero-order chi connectivity index (χ0) is 26.1. The fourth-order valence-corrected chi connectivity index (χ4v) is 3.49. The van der Waals surface area contributed by atoms with Crippen molar-refractivity contribution in [3.8, 4) is 17.2 Å². The van der Waals surface area contributed by atoms with Gasteiger partial charge < -0.3 is 25.3 Å². The van der Waals surface area contributed by atoms with E-state index < -0.39 is 6.04 Å². The van der Waals surface area contributed by atoms with Crippen molar-refractivity contribution in [3.05, 3.63) is 77.9 Å². The molecule has 0 heterocycles. The van der Waals surface area contributed by atoms with E-state index >= 15 is 0 Å². The van der Waals surface area contributed by atoms with Crippen LogP contribution in [0.2, 0.25) is 0 Å². The number of methoxy groups -OCH3 is 1. The van der Waals surface area contributed by atoms with Crippen molar-refractivity contribution >= 4 is 23.1 Å². The van der Waals surface area contributed by atoms with Crippen LogP contribution in [-0.4, -0.2) is 31.6 Å². The van der Waals surface area contributed by atoms with Gasteiger partial charge in [-0.1, -0.05) is 18.2 Å². The second-order valence-electron chi connectivity index (χ2n) is 8.19. The van der Waals surface area contributed by atoms with Gasteiger partial charge in [-0.25, -0.2) is 0 Å². The van der Waals surface area contributed by atoms with Crippen LogP contribution < -0.4 is 36.1 Å².